The maximum Gasteiger partial charge on any atom is 0.460 e. The van der Waals surface area contributed by atoms with Crippen LogP contribution in [-0.4, -0.2) is 175 Å². The SMILES string of the molecule is O=C(OCCc1cccc2ccccc12)c1cc(OCCCCC(F)(F)C(F)(F)C(F)(F)C(F)(F)C(F)(F)C(F)(F)C(F)(F)C(F)(F)F)c(OCCCCC(F)(F)C(F)(F)C(F)(F)C(F)(F)C(F)(F)C(F)(F)C(F)(F)C(F)(F)F)c(OCCCCC(F)(F)C(F)(F)C(F)(F)C(F)(F)C(F)(F)C(F)(F)C(F)(F)C(F)(F)F)c1. The Morgan fingerprint density at radius 1 is 0.261 bits per heavy atom. The van der Waals surface area contributed by atoms with Gasteiger partial charge in [-0.1, -0.05) is 42.5 Å². The molecule has 0 saturated carbocycles. The molecule has 5 nitrogen and oxygen atoms in total. The summed E-state index contributed by atoms with van der Waals surface area (Å²) in [6.45, 7) is -6.40. The Kier molecular flexibility index (Phi) is 27.0. The Morgan fingerprint density at radius 3 is 0.784 bits per heavy atom. The molecule has 0 bridgehead atoms. The van der Waals surface area contributed by atoms with E-state index in [4.69, 9.17) is 18.9 Å². The van der Waals surface area contributed by atoms with Crippen molar-refractivity contribution in [2.24, 2.45) is 0 Å². The first-order valence-corrected chi connectivity index (χ1v) is 28.7. The van der Waals surface area contributed by atoms with Gasteiger partial charge in [-0.05, 0) is 67.0 Å². The molecule has 0 radical (unpaired) electrons. The van der Waals surface area contributed by atoms with Crippen LogP contribution in [0.25, 0.3) is 10.8 Å². The molecule has 0 N–H and O–H groups in total. The predicted molar refractivity (Wildman–Crippen MR) is 264 cm³/mol. The van der Waals surface area contributed by atoms with Crippen LogP contribution >= 0.6 is 0 Å². The Bertz CT molecular complexity index is 3520. The molecule has 56 heteroatoms. The lowest BCUT2D eigenvalue weighted by Crippen LogP contribution is -2.74. The van der Waals surface area contributed by atoms with Crippen LogP contribution in [0.5, 0.6) is 17.2 Å². The van der Waals surface area contributed by atoms with Gasteiger partial charge in [-0.3, -0.25) is 0 Å². The minimum Gasteiger partial charge on any atom is -0.490 e. The largest absolute Gasteiger partial charge is 0.490 e. The highest BCUT2D eigenvalue weighted by Gasteiger charge is 2.98. The summed E-state index contributed by atoms with van der Waals surface area (Å²) in [5.41, 5.74) is -1.04. The number of hydrogen-bond donors (Lipinski definition) is 0. The lowest BCUT2D eigenvalue weighted by atomic mass is 9.88. The third-order valence-corrected chi connectivity index (χ3v) is 15.5. The van der Waals surface area contributed by atoms with Crippen molar-refractivity contribution in [2.45, 2.75) is 207 Å². The van der Waals surface area contributed by atoms with Crippen LogP contribution in [0.15, 0.2) is 54.6 Å². The number of alkyl halides is 51. The standard InChI is InChI=1S/C55H37F51O5/c56-32(57,35(62,63)38(68,69)41(74,75)44(80,81)47(86,87)50(92,93)53(98,99)100)15-3-6-18-108-28-22-26(31(107)111-21-14-25-12-9-11-24-10-1-2-13-27(24)25)23-29(109-19-7-4-16-33(58,59)36(64,65)39(70,71)42(76,77)45(82,83)48(88,89)51(94,95)54(101,102)103)30(28)110-20-8-5-17-34(60,61)37(66,67)40(72,73)43(78,79)46(84,85)49(90,91)52(96,97)55(104,105)106/h1-2,9-13,22-23H,3-8,14-21H2. The van der Waals surface area contributed by atoms with Gasteiger partial charge in [0.25, 0.3) is 0 Å². The normalized spacial score (nSPS) is 15.5. The first kappa shape index (κ1) is 98.4. The lowest BCUT2D eigenvalue weighted by Gasteiger charge is -2.42. The summed E-state index contributed by atoms with van der Waals surface area (Å²) in [7, 11) is 0. The van der Waals surface area contributed by atoms with E-state index >= 15 is 0 Å². The van der Waals surface area contributed by atoms with E-state index in [2.05, 4.69) is 0 Å². The second-order valence-corrected chi connectivity index (χ2v) is 23.2. The molecule has 0 spiro atoms. The summed E-state index contributed by atoms with van der Waals surface area (Å²) in [4.78, 5) is 13.5. The molecule has 644 valence electrons. The van der Waals surface area contributed by atoms with Crippen molar-refractivity contribution in [1.29, 1.82) is 0 Å². The van der Waals surface area contributed by atoms with Crippen molar-refractivity contribution in [3.05, 3.63) is 65.7 Å². The van der Waals surface area contributed by atoms with E-state index in [0.717, 1.165) is 0 Å². The highest BCUT2D eigenvalue weighted by atomic mass is 19.5. The molecule has 3 rings (SSSR count). The number of fused-ring (bicyclic) bond motifs is 1. The molecule has 0 fully saturated rings. The topological polar surface area (TPSA) is 54.0 Å². The average Bonchev–Trinajstić information content (AvgIpc) is 0.705. The quantitative estimate of drug-likeness (QED) is 0.0323. The number of unbranched alkanes of at least 4 members (excludes halogenated alkanes) is 3. The first-order valence-electron chi connectivity index (χ1n) is 28.7. The van der Waals surface area contributed by atoms with Gasteiger partial charge in [0.2, 0.25) is 5.75 Å². The number of ether oxygens (including phenoxy) is 4. The van der Waals surface area contributed by atoms with Crippen molar-refractivity contribution >= 4 is 16.7 Å². The minimum absolute atomic E-state index is 0.0647. The second-order valence-electron chi connectivity index (χ2n) is 23.2. The van der Waals surface area contributed by atoms with Gasteiger partial charge >= 0.3 is 149 Å². The summed E-state index contributed by atoms with van der Waals surface area (Å²) in [6, 6.07) is 10.2. The molecule has 3 aromatic carbocycles. The Morgan fingerprint density at radius 2 is 0.505 bits per heavy atom. The lowest BCUT2D eigenvalue weighted by molar-refractivity contribution is -0.461. The highest BCUT2D eigenvalue weighted by Crippen LogP contribution is 2.69. The number of esters is 1. The molecule has 0 amide bonds. The van der Waals surface area contributed by atoms with E-state index in [9.17, 15) is 229 Å². The van der Waals surface area contributed by atoms with Crippen molar-refractivity contribution in [3.8, 4) is 17.2 Å². The van der Waals surface area contributed by atoms with Crippen molar-refractivity contribution in [1.82, 2.24) is 0 Å². The maximum atomic E-state index is 14.8. The van der Waals surface area contributed by atoms with Crippen LogP contribution in [0.3, 0.4) is 0 Å². The third-order valence-electron chi connectivity index (χ3n) is 15.5. The molecular weight excluding hydrogens is 1710 g/mol. The molecule has 3 aromatic rings. The van der Waals surface area contributed by atoms with E-state index < -0.39 is 262 Å². The Hall–Kier alpha value is -6.78. The van der Waals surface area contributed by atoms with Gasteiger partial charge in [-0.25, -0.2) is 4.79 Å². The van der Waals surface area contributed by atoms with Crippen LogP contribution in [0, 0.1) is 0 Å². The van der Waals surface area contributed by atoms with Gasteiger partial charge in [0.1, 0.15) is 0 Å². The predicted octanol–water partition coefficient (Wildman–Crippen LogP) is 23.9. The molecule has 0 unspecified atom stereocenters. The van der Waals surface area contributed by atoms with Crippen LogP contribution in [-0.2, 0) is 11.2 Å². The smallest absolute Gasteiger partial charge is 0.460 e. The van der Waals surface area contributed by atoms with Crippen LogP contribution < -0.4 is 14.2 Å². The molecule has 0 aliphatic carbocycles. The molecule has 111 heavy (non-hydrogen) atoms. The van der Waals surface area contributed by atoms with E-state index in [0.29, 0.717) is 10.8 Å². The van der Waals surface area contributed by atoms with Crippen molar-refractivity contribution in [3.63, 3.8) is 0 Å². The number of benzene rings is 3. The van der Waals surface area contributed by atoms with E-state index in [1.807, 2.05) is 0 Å². The van der Waals surface area contributed by atoms with E-state index in [1.54, 1.807) is 0 Å². The maximum absolute atomic E-state index is 14.8. The molecular formula is C55H37F51O5. The van der Waals surface area contributed by atoms with Gasteiger partial charge < -0.3 is 18.9 Å². The molecule has 0 aromatic heterocycles. The monoisotopic (exact) mass is 1750 g/mol. The number of carbonyl (C=O) groups excluding carboxylic acids is 1. The van der Waals surface area contributed by atoms with Gasteiger partial charge in [0.15, 0.2) is 11.5 Å². The van der Waals surface area contributed by atoms with E-state index in [-0.39, 0.29) is 17.7 Å². The van der Waals surface area contributed by atoms with Crippen molar-refractivity contribution in [2.75, 3.05) is 26.4 Å². The molecule has 0 saturated heterocycles. The van der Waals surface area contributed by atoms with Crippen molar-refractivity contribution < 1.29 is 248 Å². The Balaban J connectivity index is 2.21. The van der Waals surface area contributed by atoms with Gasteiger partial charge in [-0.15, -0.1) is 0 Å². The van der Waals surface area contributed by atoms with Crippen LogP contribution in [0.2, 0.25) is 0 Å². The minimum atomic E-state index is -9.14. The molecule has 0 aliphatic heterocycles. The zero-order chi connectivity index (χ0) is 87.7. The summed E-state index contributed by atoms with van der Waals surface area (Å²) in [5, 5.41) is 0.835. The zero-order valence-electron chi connectivity index (χ0n) is 52.4. The van der Waals surface area contributed by atoms with Crippen LogP contribution in [0.4, 0.5) is 224 Å². The number of hydrogen-bond acceptors (Lipinski definition) is 5. The Labute approximate surface area is 580 Å². The van der Waals surface area contributed by atoms with Crippen LogP contribution in [0.1, 0.15) is 73.7 Å². The zero-order valence-corrected chi connectivity index (χ0v) is 52.4. The summed E-state index contributed by atoms with van der Waals surface area (Å²) in [6.07, 6.45) is -46.6. The average molecular weight is 1750 g/mol. The number of carbonyl (C=O) groups is 1. The number of halogens is 51. The van der Waals surface area contributed by atoms with Gasteiger partial charge in [0, 0.05) is 25.7 Å². The van der Waals surface area contributed by atoms with Gasteiger partial charge in [-0.2, -0.15) is 224 Å². The second kappa shape index (κ2) is 30.4. The fourth-order valence-corrected chi connectivity index (χ4v) is 8.84. The van der Waals surface area contributed by atoms with E-state index in [1.165, 1.54) is 42.5 Å². The first-order chi connectivity index (χ1) is 48.9. The summed E-state index contributed by atoms with van der Waals surface area (Å²) >= 11 is 0. The fraction of sp³-hybridized carbons (Fsp3) is 0.691. The van der Waals surface area contributed by atoms with Gasteiger partial charge in [0.05, 0.1) is 32.0 Å². The highest BCUT2D eigenvalue weighted by molar-refractivity contribution is 5.91. The summed E-state index contributed by atoms with van der Waals surface area (Å²) < 4.78 is 728. The summed E-state index contributed by atoms with van der Waals surface area (Å²) in [5.74, 6) is -188. The molecule has 0 heterocycles. The third kappa shape index (κ3) is 16.1. The molecule has 0 atom stereocenters. The molecule has 0 aliphatic rings. The fourth-order valence-electron chi connectivity index (χ4n) is 8.84. The number of rotatable bonds is 40.